The third kappa shape index (κ3) is 2.06. The molecule has 0 amide bonds. The van der Waals surface area contributed by atoms with Crippen molar-refractivity contribution >= 4 is 11.3 Å². The smallest absolute Gasteiger partial charge is 0.169 e. The van der Waals surface area contributed by atoms with Gasteiger partial charge in [-0.3, -0.25) is 0 Å². The van der Waals surface area contributed by atoms with E-state index in [1.165, 1.54) is 21.8 Å². The molecule has 1 aliphatic rings. The Labute approximate surface area is 111 Å². The normalized spacial score (nSPS) is 14.8. The van der Waals surface area contributed by atoms with E-state index in [4.69, 9.17) is 9.97 Å². The molecule has 2 aromatic rings. The maximum Gasteiger partial charge on any atom is 0.169 e. The van der Waals surface area contributed by atoms with Gasteiger partial charge in [0.25, 0.3) is 0 Å². The molecule has 4 heteroatoms. The quantitative estimate of drug-likeness (QED) is 0.901. The highest BCUT2D eigenvalue weighted by atomic mass is 32.1. The number of hydrogen-bond acceptors (Lipinski definition) is 4. The molecule has 0 atom stereocenters. The van der Waals surface area contributed by atoms with Crippen LogP contribution >= 0.6 is 11.3 Å². The number of thiophene rings is 1. The number of aromatic nitrogens is 2. The Balaban J connectivity index is 2.15. The Morgan fingerprint density at radius 1 is 1.33 bits per heavy atom. The van der Waals surface area contributed by atoms with E-state index in [2.05, 4.69) is 36.7 Å². The zero-order chi connectivity index (χ0) is 12.5. The molecule has 0 unspecified atom stereocenters. The van der Waals surface area contributed by atoms with Crippen molar-refractivity contribution in [1.29, 1.82) is 0 Å². The van der Waals surface area contributed by atoms with Crippen LogP contribution < -0.4 is 5.32 Å². The largest absolute Gasteiger partial charge is 0.312 e. The average Bonchev–Trinajstić information content (AvgIpc) is 2.91. The van der Waals surface area contributed by atoms with Gasteiger partial charge in [-0.25, -0.2) is 9.97 Å². The van der Waals surface area contributed by atoms with Crippen molar-refractivity contribution in [3.8, 4) is 10.7 Å². The summed E-state index contributed by atoms with van der Waals surface area (Å²) in [7, 11) is 0. The van der Waals surface area contributed by atoms with Crippen molar-refractivity contribution in [1.82, 2.24) is 15.3 Å². The third-order valence-electron chi connectivity index (χ3n) is 3.25. The van der Waals surface area contributed by atoms with Crippen LogP contribution in [-0.4, -0.2) is 16.5 Å². The molecule has 18 heavy (non-hydrogen) atoms. The fraction of sp³-hybridized carbons (Fsp3) is 0.429. The molecule has 3 heterocycles. The van der Waals surface area contributed by atoms with Gasteiger partial charge in [-0.05, 0) is 17.4 Å². The van der Waals surface area contributed by atoms with E-state index in [-0.39, 0.29) is 0 Å². The summed E-state index contributed by atoms with van der Waals surface area (Å²) >= 11 is 1.71. The minimum Gasteiger partial charge on any atom is -0.312 e. The summed E-state index contributed by atoms with van der Waals surface area (Å²) in [4.78, 5) is 10.7. The van der Waals surface area contributed by atoms with Crippen molar-refractivity contribution in [3.63, 3.8) is 0 Å². The first-order chi connectivity index (χ1) is 8.75. The van der Waals surface area contributed by atoms with E-state index >= 15 is 0 Å². The second-order valence-corrected chi connectivity index (χ2v) is 5.86. The molecule has 0 saturated carbocycles. The third-order valence-corrected chi connectivity index (χ3v) is 4.12. The number of nitrogens with one attached hydrogen (secondary N) is 1. The van der Waals surface area contributed by atoms with E-state index in [0.717, 1.165) is 25.3 Å². The summed E-state index contributed by atoms with van der Waals surface area (Å²) in [6.07, 6.45) is 1.01. The van der Waals surface area contributed by atoms with E-state index in [0.29, 0.717) is 5.92 Å². The van der Waals surface area contributed by atoms with Gasteiger partial charge in [-0.1, -0.05) is 19.9 Å². The molecule has 0 aliphatic carbocycles. The van der Waals surface area contributed by atoms with Gasteiger partial charge in [-0.15, -0.1) is 11.3 Å². The molecule has 0 aromatic carbocycles. The molecule has 0 spiro atoms. The molecule has 3 rings (SSSR count). The van der Waals surface area contributed by atoms with Gasteiger partial charge in [0, 0.05) is 25.1 Å². The highest BCUT2D eigenvalue weighted by molar-refractivity contribution is 7.13. The molecule has 0 saturated heterocycles. The standard InChI is InChI=1S/C14H17N3S/c1-9(2)13-10-8-15-6-5-11(10)16-14(17-13)12-4-3-7-18-12/h3-4,7,9,15H,5-6,8H2,1-2H3. The zero-order valence-corrected chi connectivity index (χ0v) is 11.5. The summed E-state index contributed by atoms with van der Waals surface area (Å²) in [5, 5.41) is 5.49. The molecule has 2 aromatic heterocycles. The summed E-state index contributed by atoms with van der Waals surface area (Å²) in [5.74, 6) is 1.34. The van der Waals surface area contributed by atoms with Crippen LogP contribution in [-0.2, 0) is 13.0 Å². The van der Waals surface area contributed by atoms with Gasteiger partial charge >= 0.3 is 0 Å². The van der Waals surface area contributed by atoms with Crippen LogP contribution in [0, 0.1) is 0 Å². The lowest BCUT2D eigenvalue weighted by Crippen LogP contribution is -2.27. The van der Waals surface area contributed by atoms with E-state index in [9.17, 15) is 0 Å². The topological polar surface area (TPSA) is 37.8 Å². The maximum atomic E-state index is 4.79. The molecule has 1 aliphatic heterocycles. The van der Waals surface area contributed by atoms with Crippen LogP contribution in [0.2, 0.25) is 0 Å². The lowest BCUT2D eigenvalue weighted by atomic mass is 9.98. The van der Waals surface area contributed by atoms with Gasteiger partial charge in [0.05, 0.1) is 16.3 Å². The van der Waals surface area contributed by atoms with Crippen molar-refractivity contribution < 1.29 is 0 Å². The molecule has 1 N–H and O–H groups in total. The zero-order valence-electron chi connectivity index (χ0n) is 10.7. The Morgan fingerprint density at radius 3 is 2.94 bits per heavy atom. The Morgan fingerprint density at radius 2 is 2.22 bits per heavy atom. The number of nitrogens with zero attached hydrogens (tertiary/aromatic N) is 2. The summed E-state index contributed by atoms with van der Waals surface area (Å²) in [6.45, 7) is 6.34. The van der Waals surface area contributed by atoms with Crippen LogP contribution in [0.3, 0.4) is 0 Å². The van der Waals surface area contributed by atoms with Crippen molar-refractivity contribution in [2.75, 3.05) is 6.54 Å². The molecular formula is C14H17N3S. The van der Waals surface area contributed by atoms with Crippen molar-refractivity contribution in [2.45, 2.75) is 32.7 Å². The number of rotatable bonds is 2. The van der Waals surface area contributed by atoms with Crippen LogP contribution in [0.25, 0.3) is 10.7 Å². The van der Waals surface area contributed by atoms with Gasteiger partial charge in [0.2, 0.25) is 0 Å². The Hall–Kier alpha value is -1.26. The first kappa shape index (κ1) is 11.8. The lowest BCUT2D eigenvalue weighted by molar-refractivity contribution is 0.609. The van der Waals surface area contributed by atoms with Gasteiger partial charge in [0.15, 0.2) is 5.82 Å². The molecule has 3 nitrogen and oxygen atoms in total. The average molecular weight is 259 g/mol. The monoisotopic (exact) mass is 259 g/mol. The van der Waals surface area contributed by atoms with Crippen LogP contribution in [0.4, 0.5) is 0 Å². The predicted octanol–water partition coefficient (Wildman–Crippen LogP) is 2.97. The predicted molar refractivity (Wildman–Crippen MR) is 74.8 cm³/mol. The molecular weight excluding hydrogens is 242 g/mol. The Bertz CT molecular complexity index is 546. The van der Waals surface area contributed by atoms with Crippen molar-refractivity contribution in [3.05, 3.63) is 34.5 Å². The van der Waals surface area contributed by atoms with Crippen molar-refractivity contribution in [2.24, 2.45) is 0 Å². The van der Waals surface area contributed by atoms with Gasteiger partial charge < -0.3 is 5.32 Å². The lowest BCUT2D eigenvalue weighted by Gasteiger charge is -2.21. The summed E-state index contributed by atoms with van der Waals surface area (Å²) in [6, 6.07) is 4.15. The first-order valence-corrected chi connectivity index (χ1v) is 7.28. The minimum absolute atomic E-state index is 0.445. The van der Waals surface area contributed by atoms with Crippen LogP contribution in [0.5, 0.6) is 0 Å². The van der Waals surface area contributed by atoms with Gasteiger partial charge in [-0.2, -0.15) is 0 Å². The minimum atomic E-state index is 0.445. The number of fused-ring (bicyclic) bond motifs is 1. The fourth-order valence-corrected chi connectivity index (χ4v) is 3.02. The summed E-state index contributed by atoms with van der Waals surface area (Å²) in [5.41, 5.74) is 3.75. The van der Waals surface area contributed by atoms with Crippen LogP contribution in [0.1, 0.15) is 36.7 Å². The second-order valence-electron chi connectivity index (χ2n) is 4.92. The van der Waals surface area contributed by atoms with E-state index in [1.807, 2.05) is 0 Å². The maximum absolute atomic E-state index is 4.79. The Kier molecular flexibility index (Phi) is 3.14. The summed E-state index contributed by atoms with van der Waals surface area (Å²) < 4.78 is 0. The highest BCUT2D eigenvalue weighted by Gasteiger charge is 2.19. The molecule has 0 radical (unpaired) electrons. The first-order valence-electron chi connectivity index (χ1n) is 6.40. The fourth-order valence-electron chi connectivity index (χ4n) is 2.36. The second kappa shape index (κ2) is 4.78. The van der Waals surface area contributed by atoms with E-state index < -0.39 is 0 Å². The number of hydrogen-bond donors (Lipinski definition) is 1. The molecule has 0 fully saturated rings. The molecule has 0 bridgehead atoms. The van der Waals surface area contributed by atoms with E-state index in [1.54, 1.807) is 11.3 Å². The SMILES string of the molecule is CC(C)c1nc(-c2cccs2)nc2c1CNCC2. The molecule has 94 valence electrons. The highest BCUT2D eigenvalue weighted by Crippen LogP contribution is 2.28. The van der Waals surface area contributed by atoms with Gasteiger partial charge in [0.1, 0.15) is 0 Å². The van der Waals surface area contributed by atoms with Crippen LogP contribution in [0.15, 0.2) is 17.5 Å².